The molecule has 1 aromatic heterocycles. The highest BCUT2D eigenvalue weighted by Gasteiger charge is 2.36. The molecule has 0 aliphatic carbocycles. The Hall–Kier alpha value is -3.46. The first-order valence-electron chi connectivity index (χ1n) is 9.07. The van der Waals surface area contributed by atoms with Crippen LogP contribution in [0.15, 0.2) is 42.5 Å². The van der Waals surface area contributed by atoms with Gasteiger partial charge in [-0.25, -0.2) is 4.98 Å². The van der Waals surface area contributed by atoms with Crippen LogP contribution in [0.2, 0.25) is 0 Å². The summed E-state index contributed by atoms with van der Waals surface area (Å²) in [6, 6.07) is 13.3. The Labute approximate surface area is 163 Å². The van der Waals surface area contributed by atoms with E-state index in [0.717, 1.165) is 16.9 Å². The predicted octanol–water partition coefficient (Wildman–Crippen LogP) is 3.21. The normalized spacial score (nSPS) is 16.4. The number of para-hydroxylation sites is 2. The number of fused-ring (bicyclic) bond motifs is 1. The van der Waals surface area contributed by atoms with E-state index >= 15 is 0 Å². The summed E-state index contributed by atoms with van der Waals surface area (Å²) in [6.45, 7) is 0.930. The summed E-state index contributed by atoms with van der Waals surface area (Å²) < 4.78 is 12.8. The molecule has 1 atom stereocenters. The first-order valence-corrected chi connectivity index (χ1v) is 9.07. The molecule has 2 aromatic carbocycles. The van der Waals surface area contributed by atoms with Crippen LogP contribution in [0.4, 0.5) is 5.69 Å². The van der Waals surface area contributed by atoms with Gasteiger partial charge >= 0.3 is 0 Å². The van der Waals surface area contributed by atoms with Crippen LogP contribution in [0.3, 0.4) is 0 Å². The number of nitrogens with zero attached hydrogens (tertiary/aromatic N) is 3. The molecule has 1 fully saturated rings. The molecule has 6 nitrogen and oxygen atoms in total. The highest BCUT2D eigenvalue weighted by molar-refractivity contribution is 5.98. The standard InChI is InChI=1S/C22H21N3O3/c1-4-11-24-18-8-6-5-7-17(18)23-22(24)15-12-21(26)25(14-15)19-13-16(27-2)9-10-20(19)28-3/h1,5-10,13,15H,11-12,14H2,2-3H3/t15-/m1/s1. The molecule has 2 heterocycles. The summed E-state index contributed by atoms with van der Waals surface area (Å²) in [5.74, 6) is 4.82. The van der Waals surface area contributed by atoms with Crippen molar-refractivity contribution in [2.24, 2.45) is 0 Å². The summed E-state index contributed by atoms with van der Waals surface area (Å²) in [4.78, 5) is 19.4. The third-order valence-electron chi connectivity index (χ3n) is 5.10. The van der Waals surface area contributed by atoms with E-state index in [1.807, 2.05) is 47.0 Å². The Bertz CT molecular complexity index is 1080. The second kappa shape index (κ2) is 7.28. The SMILES string of the molecule is C#CCn1c([C@@H]2CC(=O)N(c3cc(OC)ccc3OC)C2)nc2ccccc21. The van der Waals surface area contributed by atoms with Gasteiger partial charge in [-0.2, -0.15) is 0 Å². The number of terminal acetylenes is 1. The van der Waals surface area contributed by atoms with E-state index in [9.17, 15) is 4.79 Å². The van der Waals surface area contributed by atoms with Crippen molar-refractivity contribution in [3.63, 3.8) is 0 Å². The zero-order valence-corrected chi connectivity index (χ0v) is 15.9. The van der Waals surface area contributed by atoms with Gasteiger partial charge in [-0.15, -0.1) is 6.42 Å². The molecule has 142 valence electrons. The Kier molecular flexibility index (Phi) is 4.66. The molecule has 0 saturated carbocycles. The summed E-state index contributed by atoms with van der Waals surface area (Å²) in [7, 11) is 3.19. The molecule has 4 rings (SSSR count). The molecular formula is C22H21N3O3. The smallest absolute Gasteiger partial charge is 0.227 e. The van der Waals surface area contributed by atoms with Gasteiger partial charge < -0.3 is 18.9 Å². The lowest BCUT2D eigenvalue weighted by Crippen LogP contribution is -2.25. The fraction of sp³-hybridized carbons (Fsp3) is 0.273. The molecule has 28 heavy (non-hydrogen) atoms. The summed E-state index contributed by atoms with van der Waals surface area (Å²) in [5, 5.41) is 0. The van der Waals surface area contributed by atoms with Gasteiger partial charge in [0.05, 0.1) is 37.5 Å². The molecule has 3 aromatic rings. The minimum atomic E-state index is -0.0517. The molecule has 0 bridgehead atoms. The van der Waals surface area contributed by atoms with Crippen molar-refractivity contribution < 1.29 is 14.3 Å². The number of hydrogen-bond donors (Lipinski definition) is 0. The molecule has 6 heteroatoms. The van der Waals surface area contributed by atoms with Crippen LogP contribution < -0.4 is 14.4 Å². The number of ether oxygens (including phenoxy) is 2. The largest absolute Gasteiger partial charge is 0.497 e. The molecule has 0 N–H and O–H groups in total. The van der Waals surface area contributed by atoms with Gasteiger partial charge in [-0.05, 0) is 24.3 Å². The monoisotopic (exact) mass is 375 g/mol. The van der Waals surface area contributed by atoms with Gasteiger partial charge in [0.15, 0.2) is 0 Å². The zero-order valence-electron chi connectivity index (χ0n) is 15.9. The molecule has 0 radical (unpaired) electrons. The van der Waals surface area contributed by atoms with Gasteiger partial charge in [0.25, 0.3) is 0 Å². The van der Waals surface area contributed by atoms with Crippen molar-refractivity contribution in [2.75, 3.05) is 25.7 Å². The minimum Gasteiger partial charge on any atom is -0.497 e. The summed E-state index contributed by atoms with van der Waals surface area (Å²) in [5.41, 5.74) is 2.58. The van der Waals surface area contributed by atoms with E-state index in [2.05, 4.69) is 5.92 Å². The number of amides is 1. The topological polar surface area (TPSA) is 56.6 Å². The van der Waals surface area contributed by atoms with Crippen LogP contribution in [-0.4, -0.2) is 36.2 Å². The van der Waals surface area contributed by atoms with Crippen LogP contribution in [0.1, 0.15) is 18.2 Å². The van der Waals surface area contributed by atoms with E-state index < -0.39 is 0 Å². The lowest BCUT2D eigenvalue weighted by molar-refractivity contribution is -0.117. The third kappa shape index (κ3) is 2.95. The highest BCUT2D eigenvalue weighted by atomic mass is 16.5. The van der Waals surface area contributed by atoms with Crippen LogP contribution in [0, 0.1) is 12.3 Å². The van der Waals surface area contributed by atoms with Gasteiger partial charge in [0.1, 0.15) is 17.3 Å². The first kappa shape index (κ1) is 17.9. The fourth-order valence-electron chi connectivity index (χ4n) is 3.78. The number of hydrogen-bond acceptors (Lipinski definition) is 4. The zero-order chi connectivity index (χ0) is 19.7. The molecule has 1 amide bonds. The predicted molar refractivity (Wildman–Crippen MR) is 108 cm³/mol. The lowest BCUT2D eigenvalue weighted by Gasteiger charge is -2.20. The maximum absolute atomic E-state index is 12.9. The molecule has 0 unspecified atom stereocenters. The van der Waals surface area contributed by atoms with E-state index in [-0.39, 0.29) is 11.8 Å². The van der Waals surface area contributed by atoms with Crippen molar-refractivity contribution >= 4 is 22.6 Å². The van der Waals surface area contributed by atoms with Gasteiger partial charge in [-0.1, -0.05) is 18.1 Å². The second-order valence-corrected chi connectivity index (χ2v) is 6.69. The average Bonchev–Trinajstić information content (AvgIpc) is 3.28. The van der Waals surface area contributed by atoms with Crippen LogP contribution in [0.25, 0.3) is 11.0 Å². The molecule has 1 aliphatic heterocycles. The number of benzene rings is 2. The molecule has 1 aliphatic rings. The van der Waals surface area contributed by atoms with Gasteiger partial charge in [0.2, 0.25) is 5.91 Å². The quantitative estimate of drug-likeness (QED) is 0.643. The Morgan fingerprint density at radius 1 is 1.21 bits per heavy atom. The average molecular weight is 375 g/mol. The van der Waals surface area contributed by atoms with Crippen molar-refractivity contribution in [2.45, 2.75) is 18.9 Å². The van der Waals surface area contributed by atoms with E-state index in [4.69, 9.17) is 20.9 Å². The fourth-order valence-corrected chi connectivity index (χ4v) is 3.78. The summed E-state index contributed by atoms with van der Waals surface area (Å²) >= 11 is 0. The Balaban J connectivity index is 1.73. The maximum Gasteiger partial charge on any atom is 0.227 e. The number of rotatable bonds is 5. The minimum absolute atomic E-state index is 0.0240. The number of imidazole rings is 1. The number of carbonyl (C=O) groups excluding carboxylic acids is 1. The highest BCUT2D eigenvalue weighted by Crippen LogP contribution is 2.39. The van der Waals surface area contributed by atoms with E-state index in [0.29, 0.717) is 36.7 Å². The van der Waals surface area contributed by atoms with Crippen LogP contribution >= 0.6 is 0 Å². The van der Waals surface area contributed by atoms with E-state index in [1.54, 1.807) is 19.1 Å². The van der Waals surface area contributed by atoms with Gasteiger partial charge in [0, 0.05) is 24.9 Å². The van der Waals surface area contributed by atoms with Crippen molar-refractivity contribution in [1.82, 2.24) is 9.55 Å². The number of methoxy groups -OCH3 is 2. The van der Waals surface area contributed by atoms with Gasteiger partial charge in [-0.3, -0.25) is 4.79 Å². The summed E-state index contributed by atoms with van der Waals surface area (Å²) in [6.07, 6.45) is 5.96. The third-order valence-corrected chi connectivity index (χ3v) is 5.10. The van der Waals surface area contributed by atoms with Crippen molar-refractivity contribution in [3.8, 4) is 23.8 Å². The van der Waals surface area contributed by atoms with Crippen molar-refractivity contribution in [3.05, 3.63) is 48.3 Å². The van der Waals surface area contributed by atoms with Crippen molar-refractivity contribution in [1.29, 1.82) is 0 Å². The molecular weight excluding hydrogens is 354 g/mol. The maximum atomic E-state index is 12.9. The molecule has 0 spiro atoms. The Morgan fingerprint density at radius 3 is 2.79 bits per heavy atom. The van der Waals surface area contributed by atoms with Crippen LogP contribution in [0.5, 0.6) is 11.5 Å². The number of anilines is 1. The second-order valence-electron chi connectivity index (χ2n) is 6.69. The first-order chi connectivity index (χ1) is 13.7. The Morgan fingerprint density at radius 2 is 2.04 bits per heavy atom. The number of carbonyl (C=O) groups is 1. The lowest BCUT2D eigenvalue weighted by atomic mass is 10.1. The molecule has 1 saturated heterocycles. The van der Waals surface area contributed by atoms with Crippen LogP contribution in [-0.2, 0) is 11.3 Å². The van der Waals surface area contributed by atoms with E-state index in [1.165, 1.54) is 0 Å². The number of aromatic nitrogens is 2.